The van der Waals surface area contributed by atoms with Gasteiger partial charge in [0.25, 0.3) is 0 Å². The smallest absolute Gasteiger partial charge is 0.234 e. The highest BCUT2D eigenvalue weighted by molar-refractivity contribution is 7.91. The van der Waals surface area contributed by atoms with E-state index < -0.39 is 15.4 Å². The molecule has 3 aliphatic rings. The number of nitrogens with one attached hydrogen (secondary N) is 1. The van der Waals surface area contributed by atoms with Crippen molar-refractivity contribution in [1.82, 2.24) is 10.2 Å². The second-order valence-corrected chi connectivity index (χ2v) is 9.32. The fourth-order valence-corrected chi connectivity index (χ4v) is 6.25. The number of piperidine rings is 1. The third-order valence-electron chi connectivity index (χ3n) is 5.13. The molecule has 0 aromatic heterocycles. The van der Waals surface area contributed by atoms with E-state index in [2.05, 4.69) is 10.2 Å². The van der Waals surface area contributed by atoms with Gasteiger partial charge in [-0.3, -0.25) is 9.69 Å². The van der Waals surface area contributed by atoms with Gasteiger partial charge in [0.05, 0.1) is 29.7 Å². The van der Waals surface area contributed by atoms with Gasteiger partial charge in [-0.1, -0.05) is 0 Å². The first-order valence-electron chi connectivity index (χ1n) is 7.72. The lowest BCUT2D eigenvalue weighted by Crippen LogP contribution is -2.53. The lowest BCUT2D eigenvalue weighted by molar-refractivity contribution is -0.125. The normalized spacial score (nSPS) is 42.1. The number of carbonyl (C=O) groups is 1. The molecular weight excluding hydrogens is 292 g/mol. The van der Waals surface area contributed by atoms with Crippen molar-refractivity contribution in [1.29, 1.82) is 0 Å². The molecule has 2 bridgehead atoms. The van der Waals surface area contributed by atoms with E-state index >= 15 is 0 Å². The van der Waals surface area contributed by atoms with Gasteiger partial charge >= 0.3 is 0 Å². The molecule has 3 atom stereocenters. The monoisotopic (exact) mass is 316 g/mol. The number of aliphatic hydroxyl groups excluding tert-OH is 1. The predicted octanol–water partition coefficient (Wildman–Crippen LogP) is -0.332. The quantitative estimate of drug-likeness (QED) is 0.744. The van der Waals surface area contributed by atoms with Gasteiger partial charge in [-0.2, -0.15) is 0 Å². The zero-order chi connectivity index (χ0) is 15.3. The molecule has 0 aromatic carbocycles. The zero-order valence-electron chi connectivity index (χ0n) is 12.4. The van der Waals surface area contributed by atoms with Crippen molar-refractivity contribution in [3.63, 3.8) is 0 Å². The molecule has 3 fully saturated rings. The van der Waals surface area contributed by atoms with Gasteiger partial charge in [0.1, 0.15) is 0 Å². The fourth-order valence-electron chi connectivity index (χ4n) is 4.15. The summed E-state index contributed by atoms with van der Waals surface area (Å²) in [7, 11) is -3.01. The summed E-state index contributed by atoms with van der Waals surface area (Å²) in [4.78, 5) is 14.5. The van der Waals surface area contributed by atoms with Gasteiger partial charge < -0.3 is 10.4 Å². The Kier molecular flexibility index (Phi) is 3.78. The summed E-state index contributed by atoms with van der Waals surface area (Å²) in [5.41, 5.74) is -0.621. The van der Waals surface area contributed by atoms with Crippen LogP contribution in [0.5, 0.6) is 0 Å². The van der Waals surface area contributed by atoms with Crippen molar-refractivity contribution in [2.75, 3.05) is 18.1 Å². The first-order valence-corrected chi connectivity index (χ1v) is 9.54. The average Bonchev–Trinajstić information content (AvgIpc) is 2.75. The maximum absolute atomic E-state index is 12.3. The summed E-state index contributed by atoms with van der Waals surface area (Å²) < 4.78 is 23.2. The van der Waals surface area contributed by atoms with E-state index in [0.29, 0.717) is 25.0 Å². The van der Waals surface area contributed by atoms with Crippen molar-refractivity contribution in [3.05, 3.63) is 0 Å². The summed E-state index contributed by atoms with van der Waals surface area (Å²) in [5, 5.41) is 12.7. The van der Waals surface area contributed by atoms with Gasteiger partial charge in [-0.15, -0.1) is 0 Å². The van der Waals surface area contributed by atoms with Crippen molar-refractivity contribution >= 4 is 15.7 Å². The molecule has 3 unspecified atom stereocenters. The lowest BCUT2D eigenvalue weighted by atomic mass is 9.99. The topological polar surface area (TPSA) is 86.7 Å². The van der Waals surface area contributed by atoms with Gasteiger partial charge in [0.2, 0.25) is 5.91 Å². The molecular formula is C14H24N2O4S. The van der Waals surface area contributed by atoms with Crippen molar-refractivity contribution in [2.45, 2.75) is 62.8 Å². The van der Waals surface area contributed by atoms with Gasteiger partial charge in [0, 0.05) is 12.1 Å². The van der Waals surface area contributed by atoms with Crippen molar-refractivity contribution in [3.8, 4) is 0 Å². The minimum absolute atomic E-state index is 0.0390. The number of sulfone groups is 1. The lowest BCUT2D eigenvalue weighted by Gasteiger charge is -2.37. The van der Waals surface area contributed by atoms with Crippen LogP contribution in [0.25, 0.3) is 0 Å². The van der Waals surface area contributed by atoms with E-state index in [1.54, 1.807) is 0 Å². The molecule has 21 heavy (non-hydrogen) atoms. The van der Waals surface area contributed by atoms with Crippen LogP contribution < -0.4 is 5.32 Å². The first kappa shape index (κ1) is 15.2. The Morgan fingerprint density at radius 2 is 1.95 bits per heavy atom. The molecule has 6 nitrogen and oxygen atoms in total. The molecule has 0 radical (unpaired) electrons. The van der Waals surface area contributed by atoms with Crippen LogP contribution in [0.15, 0.2) is 0 Å². The van der Waals surface area contributed by atoms with E-state index in [1.165, 1.54) is 0 Å². The Hall–Kier alpha value is -0.660. The second kappa shape index (κ2) is 5.21. The van der Waals surface area contributed by atoms with Gasteiger partial charge in [0.15, 0.2) is 9.84 Å². The highest BCUT2D eigenvalue weighted by Gasteiger charge is 2.43. The molecule has 3 saturated heterocycles. The SMILES string of the molecule is CC1(NC(=O)CN2C3CCC2CC(O)C3)CCS(=O)(=O)C1. The van der Waals surface area contributed by atoms with Crippen molar-refractivity contribution < 1.29 is 18.3 Å². The van der Waals surface area contributed by atoms with Crippen LogP contribution in [0, 0.1) is 0 Å². The summed E-state index contributed by atoms with van der Waals surface area (Å²) in [6.07, 6.45) is 3.83. The maximum atomic E-state index is 12.3. The van der Waals surface area contributed by atoms with E-state index in [0.717, 1.165) is 25.7 Å². The van der Waals surface area contributed by atoms with Crippen LogP contribution >= 0.6 is 0 Å². The molecule has 0 aliphatic carbocycles. The predicted molar refractivity (Wildman–Crippen MR) is 78.6 cm³/mol. The van der Waals surface area contributed by atoms with Crippen LogP contribution in [0.1, 0.15) is 39.0 Å². The molecule has 3 aliphatic heterocycles. The molecule has 0 aromatic rings. The number of hydrogen-bond donors (Lipinski definition) is 2. The molecule has 1 amide bonds. The second-order valence-electron chi connectivity index (χ2n) is 7.13. The average molecular weight is 316 g/mol. The van der Waals surface area contributed by atoms with E-state index in [9.17, 15) is 18.3 Å². The summed E-state index contributed by atoms with van der Waals surface area (Å²) in [6, 6.07) is 0.592. The van der Waals surface area contributed by atoms with Gasteiger partial charge in [-0.05, 0) is 39.0 Å². The minimum Gasteiger partial charge on any atom is -0.393 e. The number of carbonyl (C=O) groups excluding carboxylic acids is 1. The number of rotatable bonds is 3. The molecule has 0 spiro atoms. The highest BCUT2D eigenvalue weighted by Crippen LogP contribution is 2.35. The minimum atomic E-state index is -3.01. The molecule has 7 heteroatoms. The number of amides is 1. The fraction of sp³-hybridized carbons (Fsp3) is 0.929. The summed E-state index contributed by atoms with van der Waals surface area (Å²) in [5.74, 6) is 0.102. The Morgan fingerprint density at radius 3 is 2.48 bits per heavy atom. The van der Waals surface area contributed by atoms with E-state index in [-0.39, 0.29) is 23.5 Å². The number of nitrogens with zero attached hydrogens (tertiary/aromatic N) is 1. The standard InChI is InChI=1S/C14H24N2O4S/c1-14(4-5-21(19,20)9-14)15-13(18)8-16-10-2-3-11(16)7-12(17)6-10/h10-12,17H,2-9H2,1H3,(H,15,18). The Bertz CT molecular complexity index is 521. The van der Waals surface area contributed by atoms with Crippen LogP contribution in [0.3, 0.4) is 0 Å². The van der Waals surface area contributed by atoms with Crippen LogP contribution in [-0.4, -0.2) is 66.1 Å². The molecule has 3 heterocycles. The van der Waals surface area contributed by atoms with E-state index in [1.807, 2.05) is 6.92 Å². The Labute approximate surface area is 125 Å². The number of hydrogen-bond acceptors (Lipinski definition) is 5. The Morgan fingerprint density at radius 1 is 1.33 bits per heavy atom. The van der Waals surface area contributed by atoms with Gasteiger partial charge in [-0.25, -0.2) is 8.42 Å². The van der Waals surface area contributed by atoms with E-state index in [4.69, 9.17) is 0 Å². The molecule has 3 rings (SSSR count). The largest absolute Gasteiger partial charge is 0.393 e. The number of aliphatic hydroxyl groups is 1. The number of fused-ring (bicyclic) bond motifs is 2. The summed E-state index contributed by atoms with van der Waals surface area (Å²) in [6.45, 7) is 2.13. The van der Waals surface area contributed by atoms with Crippen LogP contribution in [0.2, 0.25) is 0 Å². The maximum Gasteiger partial charge on any atom is 0.234 e. The third kappa shape index (κ3) is 3.24. The summed E-state index contributed by atoms with van der Waals surface area (Å²) >= 11 is 0. The Balaban J connectivity index is 1.58. The molecule has 2 N–H and O–H groups in total. The molecule has 0 saturated carbocycles. The molecule has 120 valence electrons. The van der Waals surface area contributed by atoms with Crippen molar-refractivity contribution in [2.24, 2.45) is 0 Å². The highest BCUT2D eigenvalue weighted by atomic mass is 32.2. The van der Waals surface area contributed by atoms with Crippen LogP contribution in [-0.2, 0) is 14.6 Å². The third-order valence-corrected chi connectivity index (χ3v) is 7.03. The zero-order valence-corrected chi connectivity index (χ0v) is 13.2. The van der Waals surface area contributed by atoms with Crippen LogP contribution in [0.4, 0.5) is 0 Å². The first-order chi connectivity index (χ1) is 9.76.